The average molecular weight is 568 g/mol. The van der Waals surface area contributed by atoms with Crippen LogP contribution in [0.25, 0.3) is 11.6 Å². The number of hydrogen-bond donors (Lipinski definition) is 0. The normalized spacial score (nSPS) is 16.5. The lowest BCUT2D eigenvalue weighted by Crippen LogP contribution is -2.42. The number of carbonyl (C=O) groups excluding carboxylic acids is 1. The van der Waals surface area contributed by atoms with E-state index >= 15 is 0 Å². The minimum Gasteiger partial charge on any atom is -0.493 e. The maximum absolute atomic E-state index is 14.2. The molecule has 2 heterocycles. The number of alkyl halides is 3. The Labute approximate surface area is 233 Å². The number of fused-ring (bicyclic) bond motifs is 1. The Morgan fingerprint density at radius 3 is 2.46 bits per heavy atom. The standard InChI is InChI=1S/C30H25F4N3O4/c1-39-28-16-19(2-7-27(28)41-26-6-3-20(18-35)15-24(26)30(32,33)34)14-23-22-17-21(31)4-5-25(22)37(29(23)38)9-8-36-10-12-40-13-11-36/h2-7,14-17H,8-13H2,1H3. The van der Waals surface area contributed by atoms with Gasteiger partial charge in [0.1, 0.15) is 11.6 Å². The van der Waals surface area contributed by atoms with Crippen molar-refractivity contribution in [1.82, 2.24) is 4.90 Å². The summed E-state index contributed by atoms with van der Waals surface area (Å²) in [5, 5.41) is 9.00. The van der Waals surface area contributed by atoms with Gasteiger partial charge in [-0.15, -0.1) is 0 Å². The summed E-state index contributed by atoms with van der Waals surface area (Å²) in [6.45, 7) is 3.84. The summed E-state index contributed by atoms with van der Waals surface area (Å²) in [6, 6.07) is 13.4. The lowest BCUT2D eigenvalue weighted by molar-refractivity contribution is -0.138. The van der Waals surface area contributed by atoms with Crippen molar-refractivity contribution in [3.05, 3.63) is 82.7 Å². The van der Waals surface area contributed by atoms with E-state index in [-0.39, 0.29) is 28.5 Å². The zero-order valence-corrected chi connectivity index (χ0v) is 22.0. The molecular weight excluding hydrogens is 542 g/mol. The molecule has 0 atom stereocenters. The number of amides is 1. The van der Waals surface area contributed by atoms with Gasteiger partial charge in [0, 0.05) is 37.3 Å². The van der Waals surface area contributed by atoms with Crippen molar-refractivity contribution in [2.45, 2.75) is 6.18 Å². The number of morpholine rings is 1. The molecule has 1 fully saturated rings. The van der Waals surface area contributed by atoms with Crippen molar-refractivity contribution in [3.63, 3.8) is 0 Å². The second kappa shape index (κ2) is 11.6. The number of anilines is 1. The number of nitrogens with zero attached hydrogens (tertiary/aromatic N) is 3. The van der Waals surface area contributed by atoms with Gasteiger partial charge in [0.15, 0.2) is 11.5 Å². The molecule has 2 aliphatic heterocycles. The Kier molecular flexibility index (Phi) is 7.97. The Bertz CT molecular complexity index is 1540. The zero-order chi connectivity index (χ0) is 29.1. The molecule has 0 unspecified atom stereocenters. The van der Waals surface area contributed by atoms with Crippen LogP contribution in [0.4, 0.5) is 23.2 Å². The Balaban J connectivity index is 1.44. The lowest BCUT2D eigenvalue weighted by atomic mass is 10.0. The smallest absolute Gasteiger partial charge is 0.420 e. The van der Waals surface area contributed by atoms with E-state index < -0.39 is 23.3 Å². The summed E-state index contributed by atoms with van der Waals surface area (Å²) in [6.07, 6.45) is -3.16. The summed E-state index contributed by atoms with van der Waals surface area (Å²) in [5.74, 6) is -1.15. The fourth-order valence-electron chi connectivity index (χ4n) is 4.81. The van der Waals surface area contributed by atoms with Gasteiger partial charge in [-0.25, -0.2) is 4.39 Å². The van der Waals surface area contributed by atoms with Crippen molar-refractivity contribution in [1.29, 1.82) is 5.26 Å². The molecule has 41 heavy (non-hydrogen) atoms. The quantitative estimate of drug-likeness (QED) is 0.268. The molecular formula is C30H25F4N3O4. The highest BCUT2D eigenvalue weighted by molar-refractivity contribution is 6.35. The highest BCUT2D eigenvalue weighted by Crippen LogP contribution is 2.42. The largest absolute Gasteiger partial charge is 0.493 e. The fraction of sp³-hybridized carbons (Fsp3) is 0.267. The van der Waals surface area contributed by atoms with Gasteiger partial charge in [-0.3, -0.25) is 9.69 Å². The number of halogens is 4. The number of methoxy groups -OCH3 is 1. The van der Waals surface area contributed by atoms with Crippen molar-refractivity contribution in [2.24, 2.45) is 0 Å². The van der Waals surface area contributed by atoms with Crippen LogP contribution in [0, 0.1) is 17.1 Å². The highest BCUT2D eigenvalue weighted by atomic mass is 19.4. The lowest BCUT2D eigenvalue weighted by Gasteiger charge is -2.28. The predicted octanol–water partition coefficient (Wildman–Crippen LogP) is 5.74. The van der Waals surface area contributed by atoms with Gasteiger partial charge < -0.3 is 19.1 Å². The van der Waals surface area contributed by atoms with Crippen LogP contribution in [0.5, 0.6) is 17.2 Å². The minimum atomic E-state index is -4.75. The fourth-order valence-corrected chi connectivity index (χ4v) is 4.81. The van der Waals surface area contributed by atoms with E-state index in [1.165, 1.54) is 37.4 Å². The van der Waals surface area contributed by atoms with E-state index in [0.717, 1.165) is 19.2 Å². The van der Waals surface area contributed by atoms with Gasteiger partial charge in [-0.05, 0) is 60.2 Å². The Morgan fingerprint density at radius 2 is 1.76 bits per heavy atom. The molecule has 2 aliphatic rings. The average Bonchev–Trinajstić information content (AvgIpc) is 3.22. The first kappa shape index (κ1) is 28.1. The van der Waals surface area contributed by atoms with E-state index in [9.17, 15) is 22.4 Å². The molecule has 0 saturated carbocycles. The van der Waals surface area contributed by atoms with Gasteiger partial charge >= 0.3 is 6.18 Å². The topological polar surface area (TPSA) is 75.0 Å². The second-order valence-electron chi connectivity index (χ2n) is 9.46. The molecule has 0 spiro atoms. The summed E-state index contributed by atoms with van der Waals surface area (Å²) >= 11 is 0. The monoisotopic (exact) mass is 567 g/mol. The Hall–Kier alpha value is -4.40. The van der Waals surface area contributed by atoms with Crippen LogP contribution >= 0.6 is 0 Å². The van der Waals surface area contributed by atoms with Crippen molar-refractivity contribution < 1.29 is 36.6 Å². The number of benzene rings is 3. The molecule has 1 amide bonds. The van der Waals surface area contributed by atoms with Gasteiger partial charge in [0.05, 0.1) is 43.2 Å². The molecule has 11 heteroatoms. The van der Waals surface area contributed by atoms with Crippen LogP contribution in [-0.2, 0) is 15.7 Å². The van der Waals surface area contributed by atoms with Crippen LogP contribution in [0.15, 0.2) is 54.6 Å². The summed E-state index contributed by atoms with van der Waals surface area (Å²) < 4.78 is 71.4. The van der Waals surface area contributed by atoms with E-state index in [4.69, 9.17) is 19.5 Å². The van der Waals surface area contributed by atoms with E-state index in [1.54, 1.807) is 29.2 Å². The second-order valence-corrected chi connectivity index (χ2v) is 9.46. The molecule has 0 aromatic heterocycles. The Morgan fingerprint density at radius 1 is 1.00 bits per heavy atom. The van der Waals surface area contributed by atoms with Crippen molar-refractivity contribution in [3.8, 4) is 23.3 Å². The van der Waals surface area contributed by atoms with E-state index in [0.29, 0.717) is 49.2 Å². The molecule has 3 aromatic carbocycles. The van der Waals surface area contributed by atoms with Gasteiger partial charge in [-0.2, -0.15) is 18.4 Å². The number of carbonyl (C=O) groups is 1. The van der Waals surface area contributed by atoms with Crippen LogP contribution < -0.4 is 14.4 Å². The summed E-state index contributed by atoms with van der Waals surface area (Å²) in [7, 11) is 1.33. The first-order valence-electron chi connectivity index (χ1n) is 12.8. The molecule has 0 radical (unpaired) electrons. The zero-order valence-electron chi connectivity index (χ0n) is 22.0. The predicted molar refractivity (Wildman–Crippen MR) is 143 cm³/mol. The third kappa shape index (κ3) is 6.04. The number of nitriles is 1. The third-order valence-electron chi connectivity index (χ3n) is 6.89. The van der Waals surface area contributed by atoms with Crippen LogP contribution in [-0.4, -0.2) is 57.3 Å². The molecule has 1 saturated heterocycles. The molecule has 0 N–H and O–H groups in total. The van der Waals surface area contributed by atoms with E-state index in [1.807, 2.05) is 0 Å². The van der Waals surface area contributed by atoms with Gasteiger partial charge in [0.2, 0.25) is 0 Å². The minimum absolute atomic E-state index is 0.00110. The highest BCUT2D eigenvalue weighted by Gasteiger charge is 2.36. The first-order valence-corrected chi connectivity index (χ1v) is 12.8. The number of rotatable bonds is 7. The first-order chi connectivity index (χ1) is 19.7. The van der Waals surface area contributed by atoms with Crippen molar-refractivity contribution >= 4 is 23.2 Å². The molecule has 7 nitrogen and oxygen atoms in total. The van der Waals surface area contributed by atoms with E-state index in [2.05, 4.69) is 4.90 Å². The summed E-state index contributed by atoms with van der Waals surface area (Å²) in [4.78, 5) is 17.3. The van der Waals surface area contributed by atoms with Crippen LogP contribution in [0.3, 0.4) is 0 Å². The van der Waals surface area contributed by atoms with Crippen LogP contribution in [0.2, 0.25) is 0 Å². The maximum atomic E-state index is 14.2. The molecule has 0 bridgehead atoms. The molecule has 5 rings (SSSR count). The summed E-state index contributed by atoms with van der Waals surface area (Å²) in [5.41, 5.74) is 0.571. The van der Waals surface area contributed by atoms with Crippen LogP contribution in [0.1, 0.15) is 22.3 Å². The molecule has 212 valence electrons. The number of hydrogen-bond acceptors (Lipinski definition) is 6. The molecule has 0 aliphatic carbocycles. The van der Waals surface area contributed by atoms with Gasteiger partial charge in [0.25, 0.3) is 5.91 Å². The SMILES string of the molecule is COc1cc(C=C2C(=O)N(CCN3CCOCC3)c3ccc(F)cc32)ccc1Oc1ccc(C#N)cc1C(F)(F)F. The number of ether oxygens (including phenoxy) is 3. The third-order valence-corrected chi connectivity index (χ3v) is 6.89. The van der Waals surface area contributed by atoms with Gasteiger partial charge in [-0.1, -0.05) is 6.07 Å². The van der Waals surface area contributed by atoms with Crippen molar-refractivity contribution in [2.75, 3.05) is 51.4 Å². The molecule has 3 aromatic rings. The maximum Gasteiger partial charge on any atom is 0.420 e.